The van der Waals surface area contributed by atoms with Gasteiger partial charge in [0.15, 0.2) is 11.6 Å². The SMILES string of the molecule is COc1ccc(C(=O)N2CCN(S(=O)(=O)c3ccc(C)c([N+](=O)[O-])c3)CC2)cc1F. The number of amides is 1. The molecule has 1 amide bonds. The molecule has 11 heteroatoms. The van der Waals surface area contributed by atoms with Crippen LogP contribution in [0.5, 0.6) is 5.75 Å². The minimum absolute atomic E-state index is 0.0222. The van der Waals surface area contributed by atoms with Crippen molar-refractivity contribution < 1.29 is 27.3 Å². The van der Waals surface area contributed by atoms with Gasteiger partial charge in [0.05, 0.1) is 16.9 Å². The van der Waals surface area contributed by atoms with Gasteiger partial charge in [-0.05, 0) is 31.2 Å². The second kappa shape index (κ2) is 8.36. The molecule has 2 aromatic carbocycles. The number of piperazine rings is 1. The van der Waals surface area contributed by atoms with E-state index in [1.807, 2.05) is 0 Å². The van der Waals surface area contributed by atoms with Gasteiger partial charge in [0.1, 0.15) is 0 Å². The molecule has 1 heterocycles. The molecule has 3 rings (SSSR count). The third-order valence-electron chi connectivity index (χ3n) is 4.94. The molecule has 1 aliphatic heterocycles. The lowest BCUT2D eigenvalue weighted by Gasteiger charge is -2.34. The molecule has 160 valence electrons. The fraction of sp³-hybridized carbons (Fsp3) is 0.316. The number of methoxy groups -OCH3 is 1. The smallest absolute Gasteiger partial charge is 0.273 e. The molecule has 2 aromatic rings. The molecule has 1 fully saturated rings. The van der Waals surface area contributed by atoms with E-state index in [9.17, 15) is 27.7 Å². The maximum Gasteiger partial charge on any atom is 0.273 e. The van der Waals surface area contributed by atoms with E-state index >= 15 is 0 Å². The Balaban J connectivity index is 1.73. The number of benzene rings is 2. The van der Waals surface area contributed by atoms with Crippen LogP contribution in [0.1, 0.15) is 15.9 Å². The van der Waals surface area contributed by atoms with E-state index in [2.05, 4.69) is 0 Å². The van der Waals surface area contributed by atoms with E-state index in [0.717, 1.165) is 12.1 Å². The van der Waals surface area contributed by atoms with E-state index in [-0.39, 0.29) is 48.1 Å². The summed E-state index contributed by atoms with van der Waals surface area (Å²) in [7, 11) is -2.63. The monoisotopic (exact) mass is 437 g/mol. The van der Waals surface area contributed by atoms with E-state index in [4.69, 9.17) is 4.74 Å². The largest absolute Gasteiger partial charge is 0.494 e. The van der Waals surface area contributed by atoms with E-state index in [0.29, 0.717) is 5.56 Å². The normalized spacial score (nSPS) is 15.1. The van der Waals surface area contributed by atoms with Crippen LogP contribution in [-0.2, 0) is 10.0 Å². The molecule has 9 nitrogen and oxygen atoms in total. The first-order valence-electron chi connectivity index (χ1n) is 9.03. The highest BCUT2D eigenvalue weighted by molar-refractivity contribution is 7.89. The minimum Gasteiger partial charge on any atom is -0.494 e. The maximum atomic E-state index is 13.9. The van der Waals surface area contributed by atoms with Crippen molar-refractivity contribution in [2.24, 2.45) is 0 Å². The number of nitrogens with zero attached hydrogens (tertiary/aromatic N) is 3. The Kier molecular flexibility index (Phi) is 6.04. The van der Waals surface area contributed by atoms with Crippen molar-refractivity contribution in [2.45, 2.75) is 11.8 Å². The predicted octanol–water partition coefficient (Wildman–Crippen LogP) is 2.20. The lowest BCUT2D eigenvalue weighted by molar-refractivity contribution is -0.385. The van der Waals surface area contributed by atoms with Gasteiger partial charge in [-0.3, -0.25) is 14.9 Å². The first kappa shape index (κ1) is 21.7. The van der Waals surface area contributed by atoms with Crippen LogP contribution in [0.3, 0.4) is 0 Å². The number of hydrogen-bond donors (Lipinski definition) is 0. The summed E-state index contributed by atoms with van der Waals surface area (Å²) in [5.74, 6) is -1.06. The molecule has 0 atom stereocenters. The van der Waals surface area contributed by atoms with Crippen molar-refractivity contribution in [1.82, 2.24) is 9.21 Å². The molecule has 0 aliphatic carbocycles. The molecule has 1 aliphatic rings. The predicted molar refractivity (Wildman–Crippen MR) is 105 cm³/mol. The Morgan fingerprint density at radius 2 is 1.80 bits per heavy atom. The Bertz CT molecular complexity index is 1100. The van der Waals surface area contributed by atoms with Gasteiger partial charge in [0.2, 0.25) is 10.0 Å². The molecule has 0 radical (unpaired) electrons. The minimum atomic E-state index is -3.95. The highest BCUT2D eigenvalue weighted by Crippen LogP contribution is 2.26. The van der Waals surface area contributed by atoms with E-state index in [1.54, 1.807) is 0 Å². The Morgan fingerprint density at radius 3 is 2.37 bits per heavy atom. The summed E-state index contributed by atoms with van der Waals surface area (Å²) in [4.78, 5) is 24.4. The standard InChI is InChI=1S/C19H20FN3O6S/c1-13-3-5-15(12-17(13)23(25)26)30(27,28)22-9-7-21(8-10-22)19(24)14-4-6-18(29-2)16(20)11-14/h3-6,11-12H,7-10H2,1-2H3. The van der Waals surface area contributed by atoms with Crippen molar-refractivity contribution >= 4 is 21.6 Å². The molecule has 0 spiro atoms. The molecule has 0 unspecified atom stereocenters. The van der Waals surface area contributed by atoms with Crippen LogP contribution in [0.4, 0.5) is 10.1 Å². The number of nitro benzene ring substituents is 1. The van der Waals surface area contributed by atoms with Crippen molar-refractivity contribution in [3.63, 3.8) is 0 Å². The second-order valence-electron chi connectivity index (χ2n) is 6.75. The van der Waals surface area contributed by atoms with Crippen LogP contribution in [0, 0.1) is 22.9 Å². The van der Waals surface area contributed by atoms with Gasteiger partial charge in [-0.2, -0.15) is 4.31 Å². The highest BCUT2D eigenvalue weighted by atomic mass is 32.2. The number of nitro groups is 1. The summed E-state index contributed by atoms with van der Waals surface area (Å²) < 4.78 is 45.6. The van der Waals surface area contributed by atoms with Crippen molar-refractivity contribution in [3.05, 3.63) is 63.5 Å². The zero-order valence-corrected chi connectivity index (χ0v) is 17.2. The van der Waals surface area contributed by atoms with Gasteiger partial charge in [0.25, 0.3) is 11.6 Å². The molecule has 0 N–H and O–H groups in total. The number of aryl methyl sites for hydroxylation is 1. The average Bonchev–Trinajstić information content (AvgIpc) is 2.73. The van der Waals surface area contributed by atoms with Crippen LogP contribution >= 0.6 is 0 Å². The molecular weight excluding hydrogens is 417 g/mol. The van der Waals surface area contributed by atoms with E-state index in [1.165, 1.54) is 47.5 Å². The molecular formula is C19H20FN3O6S. The molecule has 1 saturated heterocycles. The van der Waals surface area contributed by atoms with Crippen molar-refractivity contribution in [3.8, 4) is 5.75 Å². The summed E-state index contributed by atoms with van der Waals surface area (Å²) in [6.07, 6.45) is 0. The Hall–Kier alpha value is -3.05. The molecule has 0 bridgehead atoms. The van der Waals surface area contributed by atoms with Gasteiger partial charge >= 0.3 is 0 Å². The summed E-state index contributed by atoms with van der Waals surface area (Å²) >= 11 is 0. The Morgan fingerprint density at radius 1 is 1.13 bits per heavy atom. The number of sulfonamides is 1. The number of rotatable bonds is 5. The van der Waals surface area contributed by atoms with Crippen LogP contribution in [-0.4, -0.2) is 61.7 Å². The molecule has 0 aromatic heterocycles. The average molecular weight is 437 g/mol. The third-order valence-corrected chi connectivity index (χ3v) is 6.83. The lowest BCUT2D eigenvalue weighted by Crippen LogP contribution is -2.50. The Labute approximate surface area is 172 Å². The third kappa shape index (κ3) is 4.12. The fourth-order valence-corrected chi connectivity index (χ4v) is 4.65. The number of carbonyl (C=O) groups excluding carboxylic acids is 1. The van der Waals surface area contributed by atoms with Crippen LogP contribution < -0.4 is 4.74 Å². The van der Waals surface area contributed by atoms with Gasteiger partial charge in [-0.15, -0.1) is 0 Å². The number of hydrogen-bond acceptors (Lipinski definition) is 6. The van der Waals surface area contributed by atoms with Gasteiger partial charge < -0.3 is 9.64 Å². The van der Waals surface area contributed by atoms with Crippen molar-refractivity contribution in [2.75, 3.05) is 33.3 Å². The molecule has 30 heavy (non-hydrogen) atoms. The van der Waals surface area contributed by atoms with Crippen LogP contribution in [0.2, 0.25) is 0 Å². The van der Waals surface area contributed by atoms with Gasteiger partial charge in [0, 0.05) is 43.4 Å². The summed E-state index contributed by atoms with van der Waals surface area (Å²) in [6.45, 7) is 1.79. The first-order valence-corrected chi connectivity index (χ1v) is 10.5. The first-order chi connectivity index (χ1) is 14.1. The van der Waals surface area contributed by atoms with Gasteiger partial charge in [-0.25, -0.2) is 12.8 Å². The number of ether oxygens (including phenoxy) is 1. The quantitative estimate of drug-likeness (QED) is 0.524. The molecule has 0 saturated carbocycles. The topological polar surface area (TPSA) is 110 Å². The second-order valence-corrected chi connectivity index (χ2v) is 8.69. The highest BCUT2D eigenvalue weighted by Gasteiger charge is 2.31. The van der Waals surface area contributed by atoms with E-state index < -0.39 is 26.7 Å². The summed E-state index contributed by atoms with van der Waals surface area (Å²) in [5, 5.41) is 11.1. The number of halogens is 1. The van der Waals surface area contributed by atoms with Crippen LogP contribution in [0.25, 0.3) is 0 Å². The maximum absolute atomic E-state index is 13.9. The van der Waals surface area contributed by atoms with Gasteiger partial charge in [-0.1, -0.05) is 6.07 Å². The van der Waals surface area contributed by atoms with Crippen molar-refractivity contribution in [1.29, 1.82) is 0 Å². The summed E-state index contributed by atoms with van der Waals surface area (Å²) in [6, 6.07) is 7.64. The lowest BCUT2D eigenvalue weighted by atomic mass is 10.1. The number of carbonyl (C=O) groups is 1. The zero-order chi connectivity index (χ0) is 22.1. The van der Waals surface area contributed by atoms with Crippen LogP contribution in [0.15, 0.2) is 41.3 Å². The summed E-state index contributed by atoms with van der Waals surface area (Å²) in [5.41, 5.74) is 0.228. The fourth-order valence-electron chi connectivity index (χ4n) is 3.21. The zero-order valence-electron chi connectivity index (χ0n) is 16.4.